The summed E-state index contributed by atoms with van der Waals surface area (Å²) in [6.07, 6.45) is 0. The smallest absolute Gasteiger partial charge is 0.336 e. The van der Waals surface area contributed by atoms with E-state index in [1.807, 2.05) is 30.3 Å². The molecule has 2 aromatic carbocycles. The van der Waals surface area contributed by atoms with Crippen LogP contribution >= 0.6 is 0 Å². The van der Waals surface area contributed by atoms with E-state index in [1.54, 1.807) is 51.1 Å². The van der Waals surface area contributed by atoms with Gasteiger partial charge in [-0.3, -0.25) is 14.5 Å². The van der Waals surface area contributed by atoms with Crippen molar-refractivity contribution in [2.24, 2.45) is 5.92 Å². The van der Waals surface area contributed by atoms with Gasteiger partial charge in [0.1, 0.15) is 6.04 Å². The lowest BCUT2D eigenvalue weighted by atomic mass is 10.0. The van der Waals surface area contributed by atoms with E-state index in [0.29, 0.717) is 16.8 Å². The van der Waals surface area contributed by atoms with Crippen LogP contribution in [0.15, 0.2) is 60.7 Å². The Kier molecular flexibility index (Phi) is 4.95. The zero-order chi connectivity index (χ0) is 21.4. The molecule has 0 saturated heterocycles. The summed E-state index contributed by atoms with van der Waals surface area (Å²) in [7, 11) is 0. The largest absolute Gasteiger partial charge is 0.406 e. The number of imide groups is 1. The summed E-state index contributed by atoms with van der Waals surface area (Å²) in [6.45, 7) is 5.34. The highest BCUT2D eigenvalue weighted by Crippen LogP contribution is 2.28. The molecule has 1 aliphatic rings. The first kappa shape index (κ1) is 19.6. The van der Waals surface area contributed by atoms with Gasteiger partial charge in [-0.25, -0.2) is 9.48 Å². The molecule has 0 spiro atoms. The molecule has 7 nitrogen and oxygen atoms in total. The van der Waals surface area contributed by atoms with Crippen LogP contribution in [0.5, 0.6) is 5.88 Å². The number of hydrogen-bond acceptors (Lipinski definition) is 5. The van der Waals surface area contributed by atoms with Crippen molar-refractivity contribution in [2.45, 2.75) is 26.8 Å². The van der Waals surface area contributed by atoms with Gasteiger partial charge in [0.05, 0.1) is 22.5 Å². The Morgan fingerprint density at radius 2 is 1.50 bits per heavy atom. The third-order valence-corrected chi connectivity index (χ3v) is 4.98. The molecule has 0 radical (unpaired) electrons. The Hall–Kier alpha value is -3.74. The van der Waals surface area contributed by atoms with Crippen molar-refractivity contribution in [3.8, 4) is 11.6 Å². The average molecular weight is 403 g/mol. The molecule has 2 amide bonds. The number of amides is 2. The molecule has 7 heteroatoms. The lowest BCUT2D eigenvalue weighted by Gasteiger charge is -2.27. The maximum Gasteiger partial charge on any atom is 0.336 e. The van der Waals surface area contributed by atoms with E-state index in [1.165, 1.54) is 4.68 Å². The Balaban J connectivity index is 1.66. The highest BCUT2D eigenvalue weighted by molar-refractivity contribution is 6.22. The van der Waals surface area contributed by atoms with Crippen LogP contribution in [-0.2, 0) is 4.79 Å². The topological polar surface area (TPSA) is 81.5 Å². The zero-order valence-corrected chi connectivity index (χ0v) is 16.9. The summed E-state index contributed by atoms with van der Waals surface area (Å²) in [5, 5.41) is 4.39. The van der Waals surface area contributed by atoms with Crippen molar-refractivity contribution in [1.82, 2.24) is 14.7 Å². The molecule has 1 unspecified atom stereocenters. The second-order valence-electron chi connectivity index (χ2n) is 7.51. The first-order valence-corrected chi connectivity index (χ1v) is 9.69. The Morgan fingerprint density at radius 3 is 2.07 bits per heavy atom. The third kappa shape index (κ3) is 3.28. The van der Waals surface area contributed by atoms with Crippen molar-refractivity contribution in [1.29, 1.82) is 0 Å². The van der Waals surface area contributed by atoms with E-state index < -0.39 is 23.8 Å². The monoisotopic (exact) mass is 403 g/mol. The molecular formula is C23H21N3O4. The lowest BCUT2D eigenvalue weighted by Crippen LogP contribution is -2.49. The first-order chi connectivity index (χ1) is 14.4. The predicted octanol–water partition coefficient (Wildman–Crippen LogP) is 3.41. The predicted molar refractivity (Wildman–Crippen MR) is 110 cm³/mol. The van der Waals surface area contributed by atoms with Gasteiger partial charge in [-0.15, -0.1) is 0 Å². The highest BCUT2D eigenvalue weighted by Gasteiger charge is 2.45. The lowest BCUT2D eigenvalue weighted by molar-refractivity contribution is -0.140. The van der Waals surface area contributed by atoms with Crippen LogP contribution in [0.2, 0.25) is 0 Å². The summed E-state index contributed by atoms with van der Waals surface area (Å²) in [6, 6.07) is 16.4. The van der Waals surface area contributed by atoms with Crippen LogP contribution in [0.4, 0.5) is 0 Å². The number of ether oxygens (including phenoxy) is 1. The van der Waals surface area contributed by atoms with Crippen LogP contribution in [0.1, 0.15) is 40.3 Å². The zero-order valence-electron chi connectivity index (χ0n) is 16.9. The molecule has 30 heavy (non-hydrogen) atoms. The fraction of sp³-hybridized carbons (Fsp3) is 0.217. The van der Waals surface area contributed by atoms with E-state index in [9.17, 15) is 14.4 Å². The molecule has 4 rings (SSSR count). The van der Waals surface area contributed by atoms with Crippen LogP contribution in [0.3, 0.4) is 0 Å². The van der Waals surface area contributed by atoms with Crippen LogP contribution in [0.25, 0.3) is 5.69 Å². The number of aromatic nitrogens is 2. The van der Waals surface area contributed by atoms with Crippen LogP contribution in [0, 0.1) is 12.8 Å². The fourth-order valence-electron chi connectivity index (χ4n) is 3.60. The minimum atomic E-state index is -1.06. The van der Waals surface area contributed by atoms with Crippen molar-refractivity contribution >= 4 is 17.8 Å². The SMILES string of the molecule is Cc1cc(OC(=O)C(C(C)C)N2C(=O)c3ccccc3C2=O)n(-c2ccccc2)n1. The molecule has 3 aromatic rings. The number of carbonyl (C=O) groups excluding carboxylic acids is 3. The normalized spacial score (nSPS) is 14.2. The second-order valence-corrected chi connectivity index (χ2v) is 7.51. The molecule has 1 atom stereocenters. The number of nitrogens with zero attached hydrogens (tertiary/aromatic N) is 3. The van der Waals surface area contributed by atoms with Gasteiger partial charge in [-0.05, 0) is 37.1 Å². The van der Waals surface area contributed by atoms with Crippen molar-refractivity contribution in [2.75, 3.05) is 0 Å². The molecule has 0 aliphatic carbocycles. The van der Waals surface area contributed by atoms with Gasteiger partial charge in [-0.2, -0.15) is 5.10 Å². The van der Waals surface area contributed by atoms with E-state index >= 15 is 0 Å². The molecule has 0 fully saturated rings. The van der Waals surface area contributed by atoms with Gasteiger partial charge in [-0.1, -0.05) is 44.2 Å². The number of aryl methyl sites for hydroxylation is 1. The molecule has 0 saturated carbocycles. The second kappa shape index (κ2) is 7.59. The Bertz CT molecular complexity index is 1100. The Morgan fingerprint density at radius 1 is 0.933 bits per heavy atom. The molecule has 1 aromatic heterocycles. The number of benzene rings is 2. The van der Waals surface area contributed by atoms with Gasteiger partial charge in [0.15, 0.2) is 0 Å². The number of para-hydroxylation sites is 1. The number of esters is 1. The van der Waals surface area contributed by atoms with Crippen molar-refractivity contribution in [3.63, 3.8) is 0 Å². The molecule has 0 N–H and O–H groups in total. The maximum absolute atomic E-state index is 13.2. The number of carbonyl (C=O) groups is 3. The van der Waals surface area contributed by atoms with E-state index in [0.717, 1.165) is 10.6 Å². The molecule has 152 valence electrons. The van der Waals surface area contributed by atoms with E-state index in [2.05, 4.69) is 5.10 Å². The molecule has 2 heterocycles. The van der Waals surface area contributed by atoms with Gasteiger partial charge in [0, 0.05) is 6.07 Å². The molecular weight excluding hydrogens is 382 g/mol. The van der Waals surface area contributed by atoms with Gasteiger partial charge in [0.25, 0.3) is 11.8 Å². The van der Waals surface area contributed by atoms with Crippen molar-refractivity contribution < 1.29 is 19.1 Å². The standard InChI is InChI=1S/C23H21N3O4/c1-14(2)20(25-21(27)17-11-7-8-12-18(17)22(25)28)23(29)30-19-13-15(3)24-26(19)16-9-5-4-6-10-16/h4-14,20H,1-3H3. The van der Waals surface area contributed by atoms with E-state index in [-0.39, 0.29) is 11.8 Å². The number of rotatable bonds is 5. The Labute approximate surface area is 173 Å². The van der Waals surface area contributed by atoms with E-state index in [4.69, 9.17) is 4.74 Å². The summed E-state index contributed by atoms with van der Waals surface area (Å²) in [5.41, 5.74) is 2.00. The fourth-order valence-corrected chi connectivity index (χ4v) is 3.60. The summed E-state index contributed by atoms with van der Waals surface area (Å²) < 4.78 is 7.19. The third-order valence-electron chi connectivity index (χ3n) is 4.98. The molecule has 0 bridgehead atoms. The van der Waals surface area contributed by atoms with Crippen LogP contribution in [-0.4, -0.2) is 38.5 Å². The maximum atomic E-state index is 13.2. The van der Waals surface area contributed by atoms with Gasteiger partial charge in [0.2, 0.25) is 5.88 Å². The minimum absolute atomic E-state index is 0.228. The quantitative estimate of drug-likeness (QED) is 0.482. The average Bonchev–Trinajstić information content (AvgIpc) is 3.21. The number of hydrogen-bond donors (Lipinski definition) is 0. The van der Waals surface area contributed by atoms with Crippen LogP contribution < -0.4 is 4.74 Å². The van der Waals surface area contributed by atoms with Gasteiger partial charge < -0.3 is 4.74 Å². The van der Waals surface area contributed by atoms with Gasteiger partial charge >= 0.3 is 5.97 Å². The minimum Gasteiger partial charge on any atom is -0.406 e. The van der Waals surface area contributed by atoms with Crippen molar-refractivity contribution in [3.05, 3.63) is 77.5 Å². The molecule has 1 aliphatic heterocycles. The highest BCUT2D eigenvalue weighted by atomic mass is 16.5. The first-order valence-electron chi connectivity index (χ1n) is 9.69. The summed E-state index contributed by atoms with van der Waals surface area (Å²) in [4.78, 5) is 39.9. The summed E-state index contributed by atoms with van der Waals surface area (Å²) in [5.74, 6) is -1.77. The summed E-state index contributed by atoms with van der Waals surface area (Å²) >= 11 is 0. The number of fused-ring (bicyclic) bond motifs is 1.